The summed E-state index contributed by atoms with van der Waals surface area (Å²) in [6.45, 7) is 10.4. The number of ketones is 1. The van der Waals surface area contributed by atoms with Gasteiger partial charge in [-0.3, -0.25) is 9.59 Å². The Balaban J connectivity index is 4.41. The molecule has 0 saturated heterocycles. The Morgan fingerprint density at radius 3 is 2.32 bits per heavy atom. The quantitative estimate of drug-likeness (QED) is 0.720. The first-order chi connectivity index (χ1) is 8.72. The number of Topliss-reactive ketones (excluding diaryl/α,β-unsaturated/α-hetero) is 1. The molecule has 112 valence electrons. The maximum absolute atomic E-state index is 12.0. The highest BCUT2D eigenvalue weighted by atomic mass is 16.5. The Morgan fingerprint density at radius 1 is 1.32 bits per heavy atom. The summed E-state index contributed by atoms with van der Waals surface area (Å²) < 4.78 is 5.54. The van der Waals surface area contributed by atoms with Crippen LogP contribution >= 0.6 is 0 Å². The molecule has 5 nitrogen and oxygen atoms in total. The van der Waals surface area contributed by atoms with Crippen LogP contribution in [0.2, 0.25) is 0 Å². The molecule has 0 fully saturated rings. The fourth-order valence-corrected chi connectivity index (χ4v) is 1.31. The third kappa shape index (κ3) is 7.28. The zero-order valence-electron chi connectivity index (χ0n) is 12.9. The molecule has 0 heterocycles. The van der Waals surface area contributed by atoms with Gasteiger partial charge in [-0.05, 0) is 13.3 Å². The van der Waals surface area contributed by atoms with Gasteiger partial charge in [-0.15, -0.1) is 0 Å². The minimum atomic E-state index is -0.454. The average molecular weight is 272 g/mol. The molecule has 0 bridgehead atoms. The second kappa shape index (κ2) is 8.27. The Kier molecular flexibility index (Phi) is 7.87. The number of carbonyl (C=O) groups excluding carboxylic acids is 2. The van der Waals surface area contributed by atoms with Crippen molar-refractivity contribution >= 4 is 11.7 Å². The molecule has 0 aromatic carbocycles. The van der Waals surface area contributed by atoms with E-state index in [4.69, 9.17) is 10.5 Å². The lowest BCUT2D eigenvalue weighted by Crippen LogP contribution is -2.44. The summed E-state index contributed by atoms with van der Waals surface area (Å²) in [7, 11) is 0. The molecule has 1 unspecified atom stereocenters. The van der Waals surface area contributed by atoms with E-state index < -0.39 is 5.41 Å². The first-order valence-electron chi connectivity index (χ1n) is 6.85. The van der Waals surface area contributed by atoms with Crippen LogP contribution in [-0.4, -0.2) is 48.9 Å². The van der Waals surface area contributed by atoms with Crippen molar-refractivity contribution < 1.29 is 14.3 Å². The minimum absolute atomic E-state index is 0.0258. The van der Waals surface area contributed by atoms with Gasteiger partial charge in [0, 0.05) is 12.0 Å². The average Bonchev–Trinajstić information content (AvgIpc) is 2.34. The molecule has 2 N–H and O–H groups in total. The van der Waals surface area contributed by atoms with Crippen LogP contribution in [0.25, 0.3) is 0 Å². The van der Waals surface area contributed by atoms with Crippen LogP contribution in [0.15, 0.2) is 0 Å². The highest BCUT2D eigenvalue weighted by molar-refractivity contribution is 5.89. The number of amides is 1. The molecular formula is C14H28N2O3. The van der Waals surface area contributed by atoms with Crippen LogP contribution in [0.4, 0.5) is 0 Å². The van der Waals surface area contributed by atoms with Crippen molar-refractivity contribution in [3.8, 4) is 0 Å². The smallest absolute Gasteiger partial charge is 0.236 e. The number of rotatable bonds is 8. The van der Waals surface area contributed by atoms with Crippen molar-refractivity contribution in [3.05, 3.63) is 0 Å². The van der Waals surface area contributed by atoms with Crippen LogP contribution < -0.4 is 5.73 Å². The summed E-state index contributed by atoms with van der Waals surface area (Å²) in [6.07, 6.45) is 1.08. The lowest BCUT2D eigenvalue weighted by atomic mass is 9.90. The van der Waals surface area contributed by atoms with Gasteiger partial charge < -0.3 is 15.4 Å². The number of carbonyl (C=O) groups is 2. The first-order valence-corrected chi connectivity index (χ1v) is 6.85. The van der Waals surface area contributed by atoms with Crippen molar-refractivity contribution in [1.82, 2.24) is 4.90 Å². The van der Waals surface area contributed by atoms with Crippen LogP contribution in [0.5, 0.6) is 0 Å². The Morgan fingerprint density at radius 2 is 1.89 bits per heavy atom. The van der Waals surface area contributed by atoms with Gasteiger partial charge in [-0.2, -0.15) is 0 Å². The molecule has 19 heavy (non-hydrogen) atoms. The monoisotopic (exact) mass is 272 g/mol. The number of nitrogens with two attached hydrogens (primary N) is 1. The molecule has 0 aliphatic heterocycles. The fraction of sp³-hybridized carbons (Fsp3) is 0.857. The SMILES string of the molecule is CCC(C)OCCN(CC(=O)C(C)(C)C)C(=O)CN. The lowest BCUT2D eigenvalue weighted by Gasteiger charge is -2.26. The third-order valence-corrected chi connectivity index (χ3v) is 3.04. The minimum Gasteiger partial charge on any atom is -0.377 e. The molecule has 0 spiro atoms. The maximum Gasteiger partial charge on any atom is 0.236 e. The first kappa shape index (κ1) is 18.1. The van der Waals surface area contributed by atoms with Gasteiger partial charge in [0.25, 0.3) is 0 Å². The molecule has 0 aliphatic rings. The zero-order chi connectivity index (χ0) is 15.1. The molecule has 5 heteroatoms. The Labute approximate surface area is 116 Å². The largest absolute Gasteiger partial charge is 0.377 e. The molecular weight excluding hydrogens is 244 g/mol. The van der Waals surface area contributed by atoms with E-state index in [1.54, 1.807) is 0 Å². The number of hydrogen-bond donors (Lipinski definition) is 1. The second-order valence-corrected chi connectivity index (χ2v) is 5.78. The maximum atomic E-state index is 12.0. The van der Waals surface area contributed by atoms with Crippen molar-refractivity contribution in [2.45, 2.75) is 47.1 Å². The summed E-state index contributed by atoms with van der Waals surface area (Å²) in [4.78, 5) is 25.2. The van der Waals surface area contributed by atoms with E-state index in [2.05, 4.69) is 0 Å². The number of nitrogens with zero attached hydrogens (tertiary/aromatic N) is 1. The normalized spacial score (nSPS) is 13.2. The summed E-state index contributed by atoms with van der Waals surface area (Å²) in [6, 6.07) is 0. The van der Waals surface area contributed by atoms with E-state index >= 15 is 0 Å². The summed E-state index contributed by atoms with van der Waals surface area (Å²) >= 11 is 0. The van der Waals surface area contributed by atoms with Crippen LogP contribution in [0.3, 0.4) is 0 Å². The number of hydrogen-bond acceptors (Lipinski definition) is 4. The highest BCUT2D eigenvalue weighted by Crippen LogP contribution is 2.15. The van der Waals surface area contributed by atoms with Crippen molar-refractivity contribution in [3.63, 3.8) is 0 Å². The van der Waals surface area contributed by atoms with Crippen LogP contribution in [0, 0.1) is 5.41 Å². The molecule has 0 saturated carbocycles. The zero-order valence-corrected chi connectivity index (χ0v) is 12.9. The van der Waals surface area contributed by atoms with E-state index in [9.17, 15) is 9.59 Å². The predicted octanol–water partition coefficient (Wildman–Crippen LogP) is 1.20. The number of ether oxygens (including phenoxy) is 1. The van der Waals surface area contributed by atoms with Crippen LogP contribution in [0.1, 0.15) is 41.0 Å². The Hall–Kier alpha value is -0.940. The van der Waals surface area contributed by atoms with E-state index in [0.717, 1.165) is 6.42 Å². The van der Waals surface area contributed by atoms with Gasteiger partial charge in [-0.25, -0.2) is 0 Å². The van der Waals surface area contributed by atoms with Crippen molar-refractivity contribution in [1.29, 1.82) is 0 Å². The molecule has 0 aliphatic carbocycles. The van der Waals surface area contributed by atoms with E-state index in [-0.39, 0.29) is 30.9 Å². The summed E-state index contributed by atoms with van der Waals surface area (Å²) in [5.41, 5.74) is 4.92. The van der Waals surface area contributed by atoms with Crippen molar-refractivity contribution in [2.24, 2.45) is 11.1 Å². The topological polar surface area (TPSA) is 72.6 Å². The van der Waals surface area contributed by atoms with Crippen molar-refractivity contribution in [2.75, 3.05) is 26.2 Å². The standard InChI is InChI=1S/C14H28N2O3/c1-6-11(2)19-8-7-16(13(18)9-15)10-12(17)14(3,4)5/h11H,6-10,15H2,1-5H3. The second-order valence-electron chi connectivity index (χ2n) is 5.78. The molecule has 1 atom stereocenters. The van der Waals surface area contributed by atoms with Gasteiger partial charge in [0.15, 0.2) is 5.78 Å². The van der Waals surface area contributed by atoms with Gasteiger partial charge in [0.2, 0.25) is 5.91 Å². The summed E-state index contributed by atoms with van der Waals surface area (Å²) in [5.74, 6) is -0.191. The molecule has 0 aromatic heterocycles. The fourth-order valence-electron chi connectivity index (χ4n) is 1.31. The summed E-state index contributed by atoms with van der Waals surface area (Å²) in [5, 5.41) is 0. The third-order valence-electron chi connectivity index (χ3n) is 3.04. The predicted molar refractivity (Wildman–Crippen MR) is 75.8 cm³/mol. The van der Waals surface area contributed by atoms with Crippen LogP contribution in [-0.2, 0) is 14.3 Å². The lowest BCUT2D eigenvalue weighted by molar-refractivity contribution is -0.137. The van der Waals surface area contributed by atoms with E-state index in [1.807, 2.05) is 34.6 Å². The molecule has 0 rings (SSSR count). The molecule has 0 aromatic rings. The Bertz CT molecular complexity index is 298. The van der Waals surface area contributed by atoms with Gasteiger partial charge in [-0.1, -0.05) is 27.7 Å². The molecule has 1 amide bonds. The van der Waals surface area contributed by atoms with Gasteiger partial charge in [0.05, 0.1) is 25.8 Å². The van der Waals surface area contributed by atoms with E-state index in [1.165, 1.54) is 4.90 Å². The molecule has 0 radical (unpaired) electrons. The van der Waals surface area contributed by atoms with Gasteiger partial charge >= 0.3 is 0 Å². The van der Waals surface area contributed by atoms with Gasteiger partial charge in [0.1, 0.15) is 0 Å². The highest BCUT2D eigenvalue weighted by Gasteiger charge is 2.25. The van der Waals surface area contributed by atoms with E-state index in [0.29, 0.717) is 13.2 Å².